The number of amides is 1. The summed E-state index contributed by atoms with van der Waals surface area (Å²) >= 11 is 3.47. The van der Waals surface area contributed by atoms with Gasteiger partial charge >= 0.3 is 0 Å². The van der Waals surface area contributed by atoms with Crippen LogP contribution in [0.5, 0.6) is 0 Å². The molecule has 0 radical (unpaired) electrons. The van der Waals surface area contributed by atoms with E-state index in [1.807, 2.05) is 24.3 Å². The van der Waals surface area contributed by atoms with Crippen LogP contribution < -0.4 is 10.6 Å². The summed E-state index contributed by atoms with van der Waals surface area (Å²) in [6.07, 6.45) is 2.40. The summed E-state index contributed by atoms with van der Waals surface area (Å²) in [7, 11) is 3.46. The van der Waals surface area contributed by atoms with Crippen molar-refractivity contribution < 1.29 is 9.21 Å². The molecule has 0 fully saturated rings. The first-order chi connectivity index (χ1) is 12.5. The second-order valence-corrected chi connectivity index (χ2v) is 7.05. The molecule has 0 saturated heterocycles. The predicted octanol–water partition coefficient (Wildman–Crippen LogP) is 2.72. The average Bonchev–Trinajstić information content (AvgIpc) is 3.11. The Hall–Kier alpha value is -2.28. The quantitative estimate of drug-likeness (QED) is 0.533. The van der Waals surface area contributed by atoms with Gasteiger partial charge in [-0.15, -0.1) is 0 Å². The maximum Gasteiger partial charge on any atom is 0.241 e. The Bertz CT molecular complexity index is 742. The molecule has 0 aliphatic rings. The fourth-order valence-corrected chi connectivity index (χ4v) is 2.73. The van der Waals surface area contributed by atoms with Crippen molar-refractivity contribution in [2.45, 2.75) is 19.9 Å². The van der Waals surface area contributed by atoms with Gasteiger partial charge in [-0.05, 0) is 42.3 Å². The summed E-state index contributed by atoms with van der Waals surface area (Å²) in [5.41, 5.74) is 2.31. The molecule has 6 nitrogen and oxygen atoms in total. The van der Waals surface area contributed by atoms with E-state index in [9.17, 15) is 4.79 Å². The SMILES string of the molecule is Cc1cc(Br)ccc1CN=C(NCCc1ccco1)NCC(=O)N(C)C. The standard InChI is InChI=1S/C19H25BrN4O2/c1-14-11-16(20)7-6-15(14)12-22-19(23-13-18(25)24(2)3)21-9-8-17-5-4-10-26-17/h4-7,10-11H,8-9,12-13H2,1-3H3,(H2,21,22,23). The van der Waals surface area contributed by atoms with Crippen LogP contribution >= 0.6 is 15.9 Å². The van der Waals surface area contributed by atoms with Crippen molar-refractivity contribution in [3.05, 3.63) is 58.0 Å². The molecule has 1 heterocycles. The zero-order valence-corrected chi connectivity index (χ0v) is 17.0. The summed E-state index contributed by atoms with van der Waals surface area (Å²) in [5, 5.41) is 6.34. The molecule has 0 saturated carbocycles. The third-order valence-electron chi connectivity index (χ3n) is 3.86. The highest BCUT2D eigenvalue weighted by Crippen LogP contribution is 2.16. The highest BCUT2D eigenvalue weighted by molar-refractivity contribution is 9.10. The number of carbonyl (C=O) groups is 1. The Kier molecular flexibility index (Phi) is 7.72. The van der Waals surface area contributed by atoms with E-state index in [-0.39, 0.29) is 12.5 Å². The number of furan rings is 1. The number of likely N-dealkylation sites (N-methyl/N-ethyl adjacent to an activating group) is 1. The van der Waals surface area contributed by atoms with Crippen LogP contribution in [0.2, 0.25) is 0 Å². The number of aliphatic imine (C=N–C) groups is 1. The van der Waals surface area contributed by atoms with Crippen LogP contribution in [-0.4, -0.2) is 44.0 Å². The van der Waals surface area contributed by atoms with Crippen LogP contribution in [-0.2, 0) is 17.8 Å². The average molecular weight is 421 g/mol. The minimum Gasteiger partial charge on any atom is -0.469 e. The number of aryl methyl sites for hydroxylation is 1. The minimum atomic E-state index is -0.00893. The molecule has 2 N–H and O–H groups in total. The first kappa shape index (κ1) is 20.0. The molecule has 1 amide bonds. The van der Waals surface area contributed by atoms with Crippen LogP contribution in [0.15, 0.2) is 50.5 Å². The topological polar surface area (TPSA) is 69.9 Å². The van der Waals surface area contributed by atoms with Crippen LogP contribution in [0, 0.1) is 6.92 Å². The number of rotatable bonds is 7. The molecule has 0 spiro atoms. The van der Waals surface area contributed by atoms with Crippen molar-refractivity contribution >= 4 is 27.8 Å². The highest BCUT2D eigenvalue weighted by atomic mass is 79.9. The van der Waals surface area contributed by atoms with Crippen molar-refractivity contribution in [3.8, 4) is 0 Å². The highest BCUT2D eigenvalue weighted by Gasteiger charge is 2.07. The molecule has 2 rings (SSSR count). The molecule has 0 unspecified atom stereocenters. The number of nitrogens with zero attached hydrogens (tertiary/aromatic N) is 2. The number of guanidine groups is 1. The smallest absolute Gasteiger partial charge is 0.241 e. The van der Waals surface area contributed by atoms with Crippen molar-refractivity contribution in [1.82, 2.24) is 15.5 Å². The van der Waals surface area contributed by atoms with Crippen molar-refractivity contribution in [2.24, 2.45) is 4.99 Å². The summed E-state index contributed by atoms with van der Waals surface area (Å²) in [4.78, 5) is 18.0. The van der Waals surface area contributed by atoms with E-state index in [0.717, 1.165) is 22.2 Å². The molecule has 0 atom stereocenters. The molecule has 0 aliphatic carbocycles. The van der Waals surface area contributed by atoms with Crippen molar-refractivity contribution in [1.29, 1.82) is 0 Å². The fourth-order valence-electron chi connectivity index (χ4n) is 2.25. The normalized spacial score (nSPS) is 11.3. The van der Waals surface area contributed by atoms with Crippen LogP contribution in [0.25, 0.3) is 0 Å². The lowest BCUT2D eigenvalue weighted by molar-refractivity contribution is -0.127. The van der Waals surface area contributed by atoms with Gasteiger partial charge in [0, 0.05) is 31.5 Å². The number of carbonyl (C=O) groups excluding carboxylic acids is 1. The van der Waals surface area contributed by atoms with Gasteiger partial charge in [0.2, 0.25) is 5.91 Å². The molecule has 0 bridgehead atoms. The first-order valence-corrected chi connectivity index (χ1v) is 9.24. The molecule has 7 heteroatoms. The van der Waals surface area contributed by atoms with Crippen molar-refractivity contribution in [3.63, 3.8) is 0 Å². The van der Waals surface area contributed by atoms with Gasteiger partial charge in [0.15, 0.2) is 5.96 Å². The van der Waals surface area contributed by atoms with Gasteiger partial charge in [0.1, 0.15) is 5.76 Å². The third kappa shape index (κ3) is 6.55. The lowest BCUT2D eigenvalue weighted by atomic mass is 10.1. The molecule has 26 heavy (non-hydrogen) atoms. The molecular formula is C19H25BrN4O2. The Morgan fingerprint density at radius 2 is 2.08 bits per heavy atom. The number of nitrogens with one attached hydrogen (secondary N) is 2. The van der Waals surface area contributed by atoms with Gasteiger partial charge in [0.25, 0.3) is 0 Å². The zero-order valence-electron chi connectivity index (χ0n) is 15.4. The Morgan fingerprint density at radius 3 is 2.73 bits per heavy atom. The molecular weight excluding hydrogens is 396 g/mol. The van der Waals surface area contributed by atoms with E-state index in [1.165, 1.54) is 5.56 Å². The third-order valence-corrected chi connectivity index (χ3v) is 4.36. The molecule has 1 aromatic carbocycles. The van der Waals surface area contributed by atoms with E-state index in [2.05, 4.69) is 44.5 Å². The Morgan fingerprint density at radius 1 is 1.27 bits per heavy atom. The van der Waals surface area contributed by atoms with E-state index < -0.39 is 0 Å². The minimum absolute atomic E-state index is 0.00893. The van der Waals surface area contributed by atoms with Crippen LogP contribution in [0.1, 0.15) is 16.9 Å². The van der Waals surface area contributed by atoms with Gasteiger partial charge in [-0.1, -0.05) is 22.0 Å². The maximum absolute atomic E-state index is 11.8. The van der Waals surface area contributed by atoms with E-state index in [0.29, 0.717) is 19.0 Å². The van der Waals surface area contributed by atoms with Gasteiger partial charge in [-0.25, -0.2) is 4.99 Å². The van der Waals surface area contributed by atoms with Crippen molar-refractivity contribution in [2.75, 3.05) is 27.2 Å². The van der Waals surface area contributed by atoms with Gasteiger partial charge in [0.05, 0.1) is 19.4 Å². The monoisotopic (exact) mass is 420 g/mol. The largest absolute Gasteiger partial charge is 0.469 e. The van der Waals surface area contributed by atoms with Gasteiger partial charge < -0.3 is 20.0 Å². The summed E-state index contributed by atoms with van der Waals surface area (Å²) < 4.78 is 6.39. The van der Waals surface area contributed by atoms with Crippen LogP contribution in [0.3, 0.4) is 0 Å². The fraction of sp³-hybridized carbons (Fsp3) is 0.368. The predicted molar refractivity (Wildman–Crippen MR) is 107 cm³/mol. The van der Waals surface area contributed by atoms with Crippen LogP contribution in [0.4, 0.5) is 0 Å². The lowest BCUT2D eigenvalue weighted by Crippen LogP contribution is -2.43. The number of hydrogen-bond acceptors (Lipinski definition) is 3. The van der Waals surface area contributed by atoms with E-state index in [4.69, 9.17) is 4.42 Å². The summed E-state index contributed by atoms with van der Waals surface area (Å²) in [5.74, 6) is 1.50. The van der Waals surface area contributed by atoms with E-state index in [1.54, 1.807) is 25.3 Å². The molecule has 2 aromatic rings. The van der Waals surface area contributed by atoms with E-state index >= 15 is 0 Å². The summed E-state index contributed by atoms with van der Waals surface area (Å²) in [6.45, 7) is 3.45. The zero-order chi connectivity index (χ0) is 18.9. The van der Waals surface area contributed by atoms with Gasteiger partial charge in [-0.3, -0.25) is 4.79 Å². The number of benzene rings is 1. The maximum atomic E-state index is 11.8. The Labute approximate surface area is 162 Å². The summed E-state index contributed by atoms with van der Waals surface area (Å²) in [6, 6.07) is 9.93. The number of halogens is 1. The molecule has 1 aromatic heterocycles. The molecule has 0 aliphatic heterocycles. The first-order valence-electron chi connectivity index (χ1n) is 8.45. The second kappa shape index (κ2) is 10.0. The van der Waals surface area contributed by atoms with Gasteiger partial charge in [-0.2, -0.15) is 0 Å². The lowest BCUT2D eigenvalue weighted by Gasteiger charge is -2.15. The second-order valence-electron chi connectivity index (χ2n) is 6.13. The number of hydrogen-bond donors (Lipinski definition) is 2. The Balaban J connectivity index is 1.98. The molecule has 140 valence electrons.